The molecule has 0 atom stereocenters. The molecule has 1 aliphatic heterocycles. The summed E-state index contributed by atoms with van der Waals surface area (Å²) in [6.07, 6.45) is 4.12. The van der Waals surface area contributed by atoms with Crippen LogP contribution in [0.15, 0.2) is 47.1 Å². The first-order valence-corrected chi connectivity index (χ1v) is 10.6. The Morgan fingerprint density at radius 1 is 1.16 bits per heavy atom. The van der Waals surface area contributed by atoms with Gasteiger partial charge >= 0.3 is 0 Å². The van der Waals surface area contributed by atoms with E-state index in [4.69, 9.17) is 4.52 Å². The predicted molar refractivity (Wildman–Crippen MR) is 114 cm³/mol. The van der Waals surface area contributed by atoms with Crippen molar-refractivity contribution in [3.8, 4) is 11.4 Å². The third-order valence-corrected chi connectivity index (χ3v) is 5.52. The van der Waals surface area contributed by atoms with Gasteiger partial charge in [0, 0.05) is 37.8 Å². The molecule has 2 aromatic heterocycles. The molecule has 0 unspecified atom stereocenters. The van der Waals surface area contributed by atoms with Gasteiger partial charge in [0.05, 0.1) is 0 Å². The highest BCUT2D eigenvalue weighted by atomic mass is 19.1. The SMILES string of the molecule is Cc1ccc(-c2noc(CCCN3CCCN(C(=O)c4ccccn4)CC3)n2)cc1F. The molecule has 0 aliphatic carbocycles. The fraction of sp³-hybridized carbons (Fsp3) is 0.391. The van der Waals surface area contributed by atoms with Crippen molar-refractivity contribution < 1.29 is 13.7 Å². The van der Waals surface area contributed by atoms with E-state index in [9.17, 15) is 9.18 Å². The van der Waals surface area contributed by atoms with Gasteiger partial charge in [-0.3, -0.25) is 9.78 Å². The lowest BCUT2D eigenvalue weighted by atomic mass is 10.1. The van der Waals surface area contributed by atoms with Crippen LogP contribution in [0.25, 0.3) is 11.4 Å². The Balaban J connectivity index is 1.25. The first-order chi connectivity index (χ1) is 15.1. The van der Waals surface area contributed by atoms with E-state index in [0.29, 0.717) is 41.5 Å². The molecule has 0 spiro atoms. The van der Waals surface area contributed by atoms with E-state index in [1.54, 1.807) is 31.3 Å². The van der Waals surface area contributed by atoms with E-state index in [1.165, 1.54) is 6.07 Å². The maximum atomic E-state index is 13.8. The fourth-order valence-corrected chi connectivity index (χ4v) is 3.71. The minimum absolute atomic E-state index is 0.00613. The van der Waals surface area contributed by atoms with Crippen LogP contribution in [0.4, 0.5) is 4.39 Å². The van der Waals surface area contributed by atoms with Gasteiger partial charge in [-0.25, -0.2) is 4.39 Å². The number of hydrogen-bond donors (Lipinski definition) is 0. The summed E-state index contributed by atoms with van der Waals surface area (Å²) in [6.45, 7) is 5.82. The zero-order valence-corrected chi connectivity index (χ0v) is 17.6. The summed E-state index contributed by atoms with van der Waals surface area (Å²) in [4.78, 5) is 25.4. The maximum absolute atomic E-state index is 13.8. The van der Waals surface area contributed by atoms with Crippen molar-refractivity contribution in [3.05, 3.63) is 65.6 Å². The van der Waals surface area contributed by atoms with Gasteiger partial charge < -0.3 is 14.3 Å². The molecule has 1 saturated heterocycles. The molecule has 1 amide bonds. The molecule has 8 heteroatoms. The Morgan fingerprint density at radius 2 is 2.06 bits per heavy atom. The molecule has 3 aromatic rings. The van der Waals surface area contributed by atoms with E-state index < -0.39 is 0 Å². The molecule has 0 saturated carbocycles. The van der Waals surface area contributed by atoms with Crippen molar-refractivity contribution in [1.82, 2.24) is 24.9 Å². The lowest BCUT2D eigenvalue weighted by Gasteiger charge is -2.21. The third-order valence-electron chi connectivity index (χ3n) is 5.52. The van der Waals surface area contributed by atoms with Crippen molar-refractivity contribution >= 4 is 5.91 Å². The number of nitrogens with zero attached hydrogens (tertiary/aromatic N) is 5. The molecular weight excluding hydrogens is 397 g/mol. The second kappa shape index (κ2) is 9.78. The summed E-state index contributed by atoms with van der Waals surface area (Å²) in [5.41, 5.74) is 1.70. The van der Waals surface area contributed by atoms with Crippen molar-refractivity contribution in [2.45, 2.75) is 26.2 Å². The van der Waals surface area contributed by atoms with Crippen LogP contribution in [0.3, 0.4) is 0 Å². The van der Waals surface area contributed by atoms with Gasteiger partial charge in [-0.1, -0.05) is 23.4 Å². The van der Waals surface area contributed by atoms with E-state index in [0.717, 1.165) is 39.0 Å². The highest BCUT2D eigenvalue weighted by Gasteiger charge is 2.21. The number of amides is 1. The zero-order valence-electron chi connectivity index (χ0n) is 17.6. The second-order valence-electron chi connectivity index (χ2n) is 7.78. The van der Waals surface area contributed by atoms with Crippen molar-refractivity contribution in [3.63, 3.8) is 0 Å². The summed E-state index contributed by atoms with van der Waals surface area (Å²) < 4.78 is 19.1. The van der Waals surface area contributed by atoms with E-state index in [2.05, 4.69) is 20.0 Å². The topological polar surface area (TPSA) is 75.4 Å². The molecule has 4 rings (SSSR count). The van der Waals surface area contributed by atoms with Crippen LogP contribution in [0, 0.1) is 12.7 Å². The van der Waals surface area contributed by atoms with Crippen LogP contribution in [-0.4, -0.2) is 63.6 Å². The predicted octanol–water partition coefficient (Wildman–Crippen LogP) is 3.36. The summed E-state index contributed by atoms with van der Waals surface area (Å²) in [5, 5.41) is 3.98. The quantitative estimate of drug-likeness (QED) is 0.605. The number of pyridine rings is 1. The number of aromatic nitrogens is 3. The van der Waals surface area contributed by atoms with Gasteiger partial charge in [-0.2, -0.15) is 4.98 Å². The number of carbonyl (C=O) groups excluding carboxylic acids is 1. The number of halogens is 1. The highest BCUT2D eigenvalue weighted by molar-refractivity contribution is 5.92. The Labute approximate surface area is 180 Å². The standard InChI is InChI=1S/C23H26FN5O2/c1-17-8-9-18(16-19(17)24)22-26-21(31-27-22)7-4-11-28-12-5-13-29(15-14-28)23(30)20-6-2-3-10-25-20/h2-3,6,8-10,16H,4-5,7,11-15H2,1H3. The molecule has 31 heavy (non-hydrogen) atoms. The largest absolute Gasteiger partial charge is 0.339 e. The number of carbonyl (C=O) groups is 1. The molecule has 1 aliphatic rings. The zero-order chi connectivity index (χ0) is 21.6. The average Bonchev–Trinajstić information content (AvgIpc) is 3.13. The van der Waals surface area contributed by atoms with Gasteiger partial charge in [-0.15, -0.1) is 0 Å². The van der Waals surface area contributed by atoms with Gasteiger partial charge in [0.15, 0.2) is 0 Å². The van der Waals surface area contributed by atoms with Crippen molar-refractivity contribution in [2.75, 3.05) is 32.7 Å². The molecule has 0 N–H and O–H groups in total. The first-order valence-electron chi connectivity index (χ1n) is 10.6. The summed E-state index contributed by atoms with van der Waals surface area (Å²) in [5.74, 6) is 0.680. The number of benzene rings is 1. The minimum Gasteiger partial charge on any atom is -0.339 e. The van der Waals surface area contributed by atoms with Gasteiger partial charge in [0.25, 0.3) is 5.91 Å². The monoisotopic (exact) mass is 423 g/mol. The number of rotatable bonds is 6. The molecule has 3 heterocycles. The number of aryl methyl sites for hydroxylation is 2. The van der Waals surface area contributed by atoms with Crippen LogP contribution in [0.5, 0.6) is 0 Å². The Hall–Kier alpha value is -3.13. The van der Waals surface area contributed by atoms with E-state index >= 15 is 0 Å². The summed E-state index contributed by atoms with van der Waals surface area (Å²) in [6, 6.07) is 10.3. The van der Waals surface area contributed by atoms with Gasteiger partial charge in [0.1, 0.15) is 11.5 Å². The Bertz CT molecular complexity index is 1020. The van der Waals surface area contributed by atoms with Gasteiger partial charge in [0.2, 0.25) is 11.7 Å². The third kappa shape index (κ3) is 5.32. The molecular formula is C23H26FN5O2. The Morgan fingerprint density at radius 3 is 2.87 bits per heavy atom. The maximum Gasteiger partial charge on any atom is 0.272 e. The lowest BCUT2D eigenvalue weighted by molar-refractivity contribution is 0.0755. The van der Waals surface area contributed by atoms with Crippen LogP contribution in [0.1, 0.15) is 34.8 Å². The molecule has 7 nitrogen and oxygen atoms in total. The highest BCUT2D eigenvalue weighted by Crippen LogP contribution is 2.19. The fourth-order valence-electron chi connectivity index (χ4n) is 3.71. The van der Waals surface area contributed by atoms with Crippen LogP contribution in [-0.2, 0) is 6.42 Å². The first kappa shape index (κ1) is 21.1. The molecule has 0 radical (unpaired) electrons. The molecule has 0 bridgehead atoms. The summed E-state index contributed by atoms with van der Waals surface area (Å²) >= 11 is 0. The Kier molecular flexibility index (Phi) is 6.66. The minimum atomic E-state index is -0.277. The lowest BCUT2D eigenvalue weighted by Crippen LogP contribution is -2.35. The average molecular weight is 423 g/mol. The summed E-state index contributed by atoms with van der Waals surface area (Å²) in [7, 11) is 0. The number of hydrogen-bond acceptors (Lipinski definition) is 6. The molecule has 1 fully saturated rings. The van der Waals surface area contributed by atoms with Crippen molar-refractivity contribution in [1.29, 1.82) is 0 Å². The van der Waals surface area contributed by atoms with E-state index in [1.807, 2.05) is 17.0 Å². The normalized spacial score (nSPS) is 15.1. The van der Waals surface area contributed by atoms with Crippen LogP contribution >= 0.6 is 0 Å². The van der Waals surface area contributed by atoms with E-state index in [-0.39, 0.29) is 11.7 Å². The van der Waals surface area contributed by atoms with Crippen LogP contribution in [0.2, 0.25) is 0 Å². The van der Waals surface area contributed by atoms with Crippen LogP contribution < -0.4 is 0 Å². The van der Waals surface area contributed by atoms with Crippen molar-refractivity contribution in [2.24, 2.45) is 0 Å². The molecule has 1 aromatic carbocycles. The second-order valence-corrected chi connectivity index (χ2v) is 7.78. The molecule has 162 valence electrons. The smallest absolute Gasteiger partial charge is 0.272 e. The van der Waals surface area contributed by atoms with Gasteiger partial charge in [-0.05, 0) is 56.6 Å².